The summed E-state index contributed by atoms with van der Waals surface area (Å²) in [4.78, 5) is 17.5. The Labute approximate surface area is 191 Å². The van der Waals surface area contributed by atoms with Crippen LogP contribution in [-0.2, 0) is 11.3 Å². The molecule has 0 spiro atoms. The highest BCUT2D eigenvalue weighted by atomic mass is 19.3. The molecular formula is C24H25F2N7. The van der Waals surface area contributed by atoms with Crippen molar-refractivity contribution in [1.82, 2.24) is 19.9 Å². The zero-order chi connectivity index (χ0) is 23.9. The highest BCUT2D eigenvalue weighted by molar-refractivity contribution is 5.64. The predicted octanol–water partition coefficient (Wildman–Crippen LogP) is 5.55. The standard InChI is InChI=1S/C24H25F2N7/c1-22(2,3)33-20-13-19(29-15-8-11-28-18(12-15)24(14-27)9-10-24)31-21(32-20)16-6-5-7-17(30-16)23(4,25)26/h5-8,11-13H,9-10H2,1-4H3,(H2,28,29,31,32,33). The number of anilines is 3. The van der Waals surface area contributed by atoms with Gasteiger partial charge in [-0.15, -0.1) is 0 Å². The van der Waals surface area contributed by atoms with Gasteiger partial charge in [-0.25, -0.2) is 15.0 Å². The molecular weight excluding hydrogens is 424 g/mol. The molecule has 3 aromatic rings. The van der Waals surface area contributed by atoms with Gasteiger partial charge in [-0.05, 0) is 57.9 Å². The Morgan fingerprint density at radius 1 is 1.00 bits per heavy atom. The first-order valence-electron chi connectivity index (χ1n) is 10.7. The summed E-state index contributed by atoms with van der Waals surface area (Å²) in [6.07, 6.45) is 3.24. The summed E-state index contributed by atoms with van der Waals surface area (Å²) < 4.78 is 27.7. The third-order valence-corrected chi connectivity index (χ3v) is 5.14. The fourth-order valence-corrected chi connectivity index (χ4v) is 3.35. The third kappa shape index (κ3) is 5.22. The number of nitrogens with one attached hydrogen (secondary N) is 2. The first kappa shape index (κ1) is 22.5. The maximum Gasteiger partial charge on any atom is 0.286 e. The van der Waals surface area contributed by atoms with Crippen LogP contribution in [0.3, 0.4) is 0 Å². The van der Waals surface area contributed by atoms with Gasteiger partial charge in [-0.2, -0.15) is 14.0 Å². The van der Waals surface area contributed by atoms with Gasteiger partial charge in [0.15, 0.2) is 5.82 Å². The second-order valence-corrected chi connectivity index (χ2v) is 9.38. The smallest absolute Gasteiger partial charge is 0.286 e. The molecule has 9 heteroatoms. The number of nitriles is 1. The molecule has 0 unspecified atom stereocenters. The highest BCUT2D eigenvalue weighted by Crippen LogP contribution is 2.47. The minimum absolute atomic E-state index is 0.211. The van der Waals surface area contributed by atoms with E-state index in [0.717, 1.165) is 31.1 Å². The quantitative estimate of drug-likeness (QED) is 0.509. The first-order chi connectivity index (χ1) is 15.5. The fraction of sp³-hybridized carbons (Fsp3) is 0.375. The fourth-order valence-electron chi connectivity index (χ4n) is 3.35. The van der Waals surface area contributed by atoms with Crippen molar-refractivity contribution >= 4 is 17.3 Å². The molecule has 0 atom stereocenters. The van der Waals surface area contributed by atoms with Crippen LogP contribution in [0.5, 0.6) is 0 Å². The summed E-state index contributed by atoms with van der Waals surface area (Å²) in [7, 11) is 0. The van der Waals surface area contributed by atoms with E-state index in [4.69, 9.17) is 0 Å². The summed E-state index contributed by atoms with van der Waals surface area (Å²) in [6, 6.07) is 12.1. The highest BCUT2D eigenvalue weighted by Gasteiger charge is 2.46. The van der Waals surface area contributed by atoms with Crippen LogP contribution in [0.1, 0.15) is 51.9 Å². The van der Waals surface area contributed by atoms with E-state index in [9.17, 15) is 14.0 Å². The van der Waals surface area contributed by atoms with Gasteiger partial charge in [0.05, 0.1) is 17.2 Å². The molecule has 0 aliphatic heterocycles. The molecule has 33 heavy (non-hydrogen) atoms. The SMILES string of the molecule is CC(C)(C)Nc1cc(Nc2ccnc(C3(C#N)CC3)c2)nc(-c2cccc(C(C)(F)F)n2)n1. The second-order valence-electron chi connectivity index (χ2n) is 9.38. The lowest BCUT2D eigenvalue weighted by molar-refractivity contribution is 0.0129. The lowest BCUT2D eigenvalue weighted by Gasteiger charge is -2.22. The zero-order valence-electron chi connectivity index (χ0n) is 18.9. The minimum Gasteiger partial charge on any atom is -0.365 e. The molecule has 170 valence electrons. The van der Waals surface area contributed by atoms with Gasteiger partial charge >= 0.3 is 0 Å². The van der Waals surface area contributed by atoms with Gasteiger partial charge in [-0.1, -0.05) is 6.07 Å². The molecule has 3 aromatic heterocycles. The lowest BCUT2D eigenvalue weighted by Crippen LogP contribution is -2.27. The van der Waals surface area contributed by atoms with E-state index < -0.39 is 11.3 Å². The maximum absolute atomic E-state index is 13.8. The number of hydrogen-bond donors (Lipinski definition) is 2. The van der Waals surface area contributed by atoms with Crippen LogP contribution >= 0.6 is 0 Å². The molecule has 1 saturated carbocycles. The number of nitrogens with zero attached hydrogens (tertiary/aromatic N) is 5. The zero-order valence-corrected chi connectivity index (χ0v) is 18.9. The number of alkyl halides is 2. The average Bonchev–Trinajstić information content (AvgIpc) is 3.53. The predicted molar refractivity (Wildman–Crippen MR) is 122 cm³/mol. The molecule has 1 fully saturated rings. The second kappa shape index (κ2) is 8.03. The minimum atomic E-state index is -3.08. The Balaban J connectivity index is 1.72. The normalized spacial score (nSPS) is 14.9. The van der Waals surface area contributed by atoms with Crippen molar-refractivity contribution in [3.05, 3.63) is 54.0 Å². The van der Waals surface area contributed by atoms with E-state index in [-0.39, 0.29) is 22.8 Å². The van der Waals surface area contributed by atoms with Gasteiger partial charge in [0.2, 0.25) is 0 Å². The van der Waals surface area contributed by atoms with Crippen molar-refractivity contribution in [2.24, 2.45) is 0 Å². The lowest BCUT2D eigenvalue weighted by atomic mass is 10.0. The summed E-state index contributed by atoms with van der Waals surface area (Å²) >= 11 is 0. The Kier molecular flexibility index (Phi) is 5.48. The van der Waals surface area contributed by atoms with Crippen LogP contribution in [-0.4, -0.2) is 25.5 Å². The van der Waals surface area contributed by atoms with Crippen molar-refractivity contribution in [3.8, 4) is 17.6 Å². The van der Waals surface area contributed by atoms with Crippen molar-refractivity contribution in [3.63, 3.8) is 0 Å². The Bertz CT molecular complexity index is 1220. The molecule has 4 rings (SSSR count). The topological polar surface area (TPSA) is 99.4 Å². The van der Waals surface area contributed by atoms with Gasteiger partial charge < -0.3 is 10.6 Å². The van der Waals surface area contributed by atoms with Gasteiger partial charge in [0, 0.05) is 30.4 Å². The molecule has 1 aliphatic rings. The monoisotopic (exact) mass is 449 g/mol. The van der Waals surface area contributed by atoms with Gasteiger partial charge in [-0.3, -0.25) is 4.98 Å². The van der Waals surface area contributed by atoms with Crippen molar-refractivity contribution < 1.29 is 8.78 Å². The maximum atomic E-state index is 13.8. The van der Waals surface area contributed by atoms with Crippen molar-refractivity contribution in [1.29, 1.82) is 5.26 Å². The van der Waals surface area contributed by atoms with E-state index in [1.165, 1.54) is 12.1 Å². The number of halogens is 2. The van der Waals surface area contributed by atoms with Crippen LogP contribution in [0, 0.1) is 11.3 Å². The van der Waals surface area contributed by atoms with E-state index >= 15 is 0 Å². The molecule has 0 amide bonds. The Morgan fingerprint density at radius 3 is 2.36 bits per heavy atom. The molecule has 0 radical (unpaired) electrons. The van der Waals surface area contributed by atoms with Gasteiger partial charge in [0.1, 0.15) is 23.0 Å². The summed E-state index contributed by atoms with van der Waals surface area (Å²) in [5, 5.41) is 16.0. The van der Waals surface area contributed by atoms with Crippen molar-refractivity contribution in [2.45, 2.75) is 57.4 Å². The van der Waals surface area contributed by atoms with Crippen LogP contribution in [0.4, 0.5) is 26.1 Å². The van der Waals surface area contributed by atoms with Crippen molar-refractivity contribution in [2.75, 3.05) is 10.6 Å². The number of hydrogen-bond acceptors (Lipinski definition) is 7. The molecule has 0 saturated heterocycles. The number of rotatable bonds is 6. The molecule has 1 aliphatic carbocycles. The summed E-state index contributed by atoms with van der Waals surface area (Å²) in [6.45, 7) is 6.78. The molecule has 3 heterocycles. The molecule has 0 bridgehead atoms. The summed E-state index contributed by atoms with van der Waals surface area (Å²) in [5.74, 6) is -1.88. The number of pyridine rings is 2. The van der Waals surface area contributed by atoms with E-state index in [1.54, 1.807) is 24.4 Å². The molecule has 0 aromatic carbocycles. The average molecular weight is 450 g/mol. The van der Waals surface area contributed by atoms with E-state index in [2.05, 4.69) is 36.6 Å². The van der Waals surface area contributed by atoms with Crippen LogP contribution in [0.15, 0.2) is 42.6 Å². The first-order valence-corrected chi connectivity index (χ1v) is 10.7. The van der Waals surface area contributed by atoms with E-state index in [0.29, 0.717) is 11.6 Å². The van der Waals surface area contributed by atoms with Crippen LogP contribution in [0.2, 0.25) is 0 Å². The molecule has 7 nitrogen and oxygen atoms in total. The Morgan fingerprint density at radius 2 is 1.73 bits per heavy atom. The largest absolute Gasteiger partial charge is 0.365 e. The third-order valence-electron chi connectivity index (χ3n) is 5.14. The summed E-state index contributed by atoms with van der Waals surface area (Å²) in [5.41, 5.74) is 0.530. The number of aromatic nitrogens is 4. The molecule has 2 N–H and O–H groups in total. The Hall–Kier alpha value is -3.67. The van der Waals surface area contributed by atoms with Gasteiger partial charge in [0.25, 0.3) is 5.92 Å². The van der Waals surface area contributed by atoms with Crippen LogP contribution in [0.25, 0.3) is 11.5 Å². The van der Waals surface area contributed by atoms with E-state index in [1.807, 2.05) is 26.8 Å². The van der Waals surface area contributed by atoms with Crippen LogP contribution < -0.4 is 10.6 Å².